The summed E-state index contributed by atoms with van der Waals surface area (Å²) in [6.07, 6.45) is 0.385. The number of ether oxygens (including phenoxy) is 1. The van der Waals surface area contributed by atoms with Crippen LogP contribution in [0.25, 0.3) is 0 Å². The third-order valence-electron chi connectivity index (χ3n) is 3.07. The zero-order valence-electron chi connectivity index (χ0n) is 13.3. The summed E-state index contributed by atoms with van der Waals surface area (Å²) in [5.41, 5.74) is 1.51. The molecule has 0 fully saturated rings. The Morgan fingerprint density at radius 1 is 1.09 bits per heavy atom. The van der Waals surface area contributed by atoms with E-state index in [0.717, 1.165) is 5.69 Å². The van der Waals surface area contributed by atoms with Crippen LogP contribution in [0.5, 0.6) is 5.75 Å². The number of para-hydroxylation sites is 3. The molecule has 5 heteroatoms. The van der Waals surface area contributed by atoms with Crippen LogP contribution in [0.4, 0.5) is 11.4 Å². The van der Waals surface area contributed by atoms with Crippen LogP contribution in [0.1, 0.15) is 20.3 Å². The van der Waals surface area contributed by atoms with E-state index in [9.17, 15) is 4.79 Å². The zero-order valence-corrected chi connectivity index (χ0v) is 14.1. The van der Waals surface area contributed by atoms with Crippen molar-refractivity contribution in [2.45, 2.75) is 26.4 Å². The molecule has 0 bridgehead atoms. The maximum absolute atomic E-state index is 12.1. The molecule has 0 saturated heterocycles. The maximum atomic E-state index is 12.1. The van der Waals surface area contributed by atoms with E-state index in [-0.39, 0.29) is 12.0 Å². The maximum Gasteiger partial charge on any atom is 0.226 e. The second-order valence-corrected chi connectivity index (χ2v) is 5.77. The van der Waals surface area contributed by atoms with Crippen molar-refractivity contribution in [3.63, 3.8) is 0 Å². The fraction of sp³-hybridized carbons (Fsp3) is 0.278. The standard InChI is InChI=1S/C18H21ClN2O2/c1-13(2)23-17-10-6-5-9-16(17)21-18(22)11-12-20-15-8-4-3-7-14(15)19/h3-10,13,20H,11-12H2,1-2H3,(H,21,22). The van der Waals surface area contributed by atoms with E-state index >= 15 is 0 Å². The van der Waals surface area contributed by atoms with Crippen LogP contribution in [0.3, 0.4) is 0 Å². The van der Waals surface area contributed by atoms with Crippen LogP contribution in [-0.4, -0.2) is 18.6 Å². The minimum atomic E-state index is -0.0793. The first-order chi connectivity index (χ1) is 11.1. The molecule has 4 nitrogen and oxygen atoms in total. The molecule has 0 aliphatic carbocycles. The van der Waals surface area contributed by atoms with Crippen LogP contribution in [0, 0.1) is 0 Å². The second-order valence-electron chi connectivity index (χ2n) is 5.37. The molecular formula is C18H21ClN2O2. The van der Waals surface area contributed by atoms with Crippen molar-refractivity contribution in [3.05, 3.63) is 53.6 Å². The predicted molar refractivity (Wildman–Crippen MR) is 95.4 cm³/mol. The predicted octanol–water partition coefficient (Wildman–Crippen LogP) is 4.57. The van der Waals surface area contributed by atoms with Gasteiger partial charge in [-0.1, -0.05) is 35.9 Å². The minimum absolute atomic E-state index is 0.0509. The van der Waals surface area contributed by atoms with Crippen molar-refractivity contribution >= 4 is 28.9 Å². The Balaban J connectivity index is 1.87. The van der Waals surface area contributed by atoms with E-state index in [1.807, 2.05) is 62.4 Å². The SMILES string of the molecule is CC(C)Oc1ccccc1NC(=O)CCNc1ccccc1Cl. The molecule has 0 aliphatic heterocycles. The van der Waals surface area contributed by atoms with Gasteiger partial charge in [0.05, 0.1) is 22.5 Å². The van der Waals surface area contributed by atoms with Gasteiger partial charge in [-0.2, -0.15) is 0 Å². The third-order valence-corrected chi connectivity index (χ3v) is 3.39. The highest BCUT2D eigenvalue weighted by Gasteiger charge is 2.09. The number of carbonyl (C=O) groups excluding carboxylic acids is 1. The number of hydrogen-bond donors (Lipinski definition) is 2. The molecule has 2 aromatic carbocycles. The number of anilines is 2. The number of carbonyl (C=O) groups is 1. The Morgan fingerprint density at radius 2 is 1.74 bits per heavy atom. The molecule has 0 aliphatic rings. The number of hydrogen-bond acceptors (Lipinski definition) is 3. The highest BCUT2D eigenvalue weighted by Crippen LogP contribution is 2.25. The van der Waals surface area contributed by atoms with Gasteiger partial charge in [0.2, 0.25) is 5.91 Å². The molecular weight excluding hydrogens is 312 g/mol. The number of halogens is 1. The summed E-state index contributed by atoms with van der Waals surface area (Å²) < 4.78 is 5.69. The van der Waals surface area contributed by atoms with Crippen molar-refractivity contribution in [3.8, 4) is 5.75 Å². The zero-order chi connectivity index (χ0) is 16.7. The molecule has 2 rings (SSSR count). The number of nitrogens with one attached hydrogen (secondary N) is 2. The van der Waals surface area contributed by atoms with Crippen molar-refractivity contribution in [1.82, 2.24) is 0 Å². The van der Waals surface area contributed by atoms with Gasteiger partial charge in [-0.3, -0.25) is 4.79 Å². The molecule has 0 radical (unpaired) electrons. The first-order valence-corrected chi connectivity index (χ1v) is 7.98. The van der Waals surface area contributed by atoms with Gasteiger partial charge in [-0.25, -0.2) is 0 Å². The Kier molecular flexibility index (Phi) is 6.29. The van der Waals surface area contributed by atoms with E-state index in [4.69, 9.17) is 16.3 Å². The first kappa shape index (κ1) is 17.2. The topological polar surface area (TPSA) is 50.4 Å². The summed E-state index contributed by atoms with van der Waals surface area (Å²) in [4.78, 5) is 12.1. The van der Waals surface area contributed by atoms with E-state index in [1.54, 1.807) is 0 Å². The number of amides is 1. The van der Waals surface area contributed by atoms with Gasteiger partial charge in [-0.05, 0) is 38.1 Å². The van der Waals surface area contributed by atoms with Crippen LogP contribution in [0.15, 0.2) is 48.5 Å². The normalized spacial score (nSPS) is 10.4. The van der Waals surface area contributed by atoms with Crippen molar-refractivity contribution in [1.29, 1.82) is 0 Å². The Bertz CT molecular complexity index is 659. The van der Waals surface area contributed by atoms with Crippen molar-refractivity contribution < 1.29 is 9.53 Å². The Labute approximate surface area is 141 Å². The summed E-state index contributed by atoms with van der Waals surface area (Å²) in [5, 5.41) is 6.67. The summed E-state index contributed by atoms with van der Waals surface area (Å²) in [7, 11) is 0. The van der Waals surface area contributed by atoms with E-state index in [0.29, 0.717) is 29.4 Å². The van der Waals surface area contributed by atoms with Gasteiger partial charge in [0.15, 0.2) is 0 Å². The minimum Gasteiger partial charge on any atom is -0.489 e. The van der Waals surface area contributed by atoms with Crippen molar-refractivity contribution in [2.24, 2.45) is 0 Å². The lowest BCUT2D eigenvalue weighted by Gasteiger charge is -2.15. The molecule has 122 valence electrons. The molecule has 1 amide bonds. The average Bonchev–Trinajstić information content (AvgIpc) is 2.51. The lowest BCUT2D eigenvalue weighted by molar-refractivity contribution is -0.116. The average molecular weight is 333 g/mol. The number of rotatable bonds is 7. The molecule has 0 heterocycles. The van der Waals surface area contributed by atoms with Crippen LogP contribution >= 0.6 is 11.6 Å². The molecule has 0 saturated carbocycles. The van der Waals surface area contributed by atoms with Gasteiger partial charge >= 0.3 is 0 Å². The van der Waals surface area contributed by atoms with Gasteiger partial charge in [0, 0.05) is 13.0 Å². The molecule has 23 heavy (non-hydrogen) atoms. The van der Waals surface area contributed by atoms with E-state index in [2.05, 4.69) is 10.6 Å². The molecule has 0 atom stereocenters. The van der Waals surface area contributed by atoms with Gasteiger partial charge < -0.3 is 15.4 Å². The Morgan fingerprint density at radius 3 is 2.43 bits per heavy atom. The monoisotopic (exact) mass is 332 g/mol. The quantitative estimate of drug-likeness (QED) is 0.781. The first-order valence-electron chi connectivity index (χ1n) is 7.60. The highest BCUT2D eigenvalue weighted by molar-refractivity contribution is 6.33. The summed E-state index contributed by atoms with van der Waals surface area (Å²) in [6.45, 7) is 4.40. The lowest BCUT2D eigenvalue weighted by Crippen LogP contribution is -2.17. The smallest absolute Gasteiger partial charge is 0.226 e. The largest absolute Gasteiger partial charge is 0.489 e. The van der Waals surface area contributed by atoms with Crippen LogP contribution in [0.2, 0.25) is 5.02 Å². The molecule has 2 N–H and O–H groups in total. The summed E-state index contributed by atoms with van der Waals surface area (Å²) in [5.74, 6) is 0.597. The summed E-state index contributed by atoms with van der Waals surface area (Å²) in [6, 6.07) is 14.9. The molecule has 0 aromatic heterocycles. The fourth-order valence-electron chi connectivity index (χ4n) is 2.05. The van der Waals surface area contributed by atoms with Crippen LogP contribution in [-0.2, 0) is 4.79 Å². The van der Waals surface area contributed by atoms with Gasteiger partial charge in [-0.15, -0.1) is 0 Å². The fourth-order valence-corrected chi connectivity index (χ4v) is 2.26. The molecule has 0 spiro atoms. The van der Waals surface area contributed by atoms with Gasteiger partial charge in [0.1, 0.15) is 5.75 Å². The highest BCUT2D eigenvalue weighted by atomic mass is 35.5. The molecule has 0 unspecified atom stereocenters. The third kappa shape index (κ3) is 5.49. The van der Waals surface area contributed by atoms with Gasteiger partial charge in [0.25, 0.3) is 0 Å². The summed E-state index contributed by atoms with van der Waals surface area (Å²) >= 11 is 6.06. The van der Waals surface area contributed by atoms with E-state index < -0.39 is 0 Å². The van der Waals surface area contributed by atoms with Crippen LogP contribution < -0.4 is 15.4 Å². The van der Waals surface area contributed by atoms with Crippen molar-refractivity contribution in [2.75, 3.05) is 17.2 Å². The van der Waals surface area contributed by atoms with E-state index in [1.165, 1.54) is 0 Å². The molecule has 2 aromatic rings. The lowest BCUT2D eigenvalue weighted by atomic mass is 10.2. The number of benzene rings is 2. The Hall–Kier alpha value is -2.20. The second kappa shape index (κ2) is 8.44.